The molecule has 0 saturated carbocycles. The molecule has 0 radical (unpaired) electrons. The minimum absolute atomic E-state index is 0.0993. The number of nitrogens with one attached hydrogen (secondary N) is 1. The molecule has 5 heteroatoms. The maximum atomic E-state index is 13.4. The number of aromatic nitrogens is 1. The third-order valence-electron chi connectivity index (χ3n) is 3.31. The van der Waals surface area contributed by atoms with Crippen LogP contribution in [-0.4, -0.2) is 12.0 Å². The molecule has 1 atom stereocenters. The molecule has 1 heterocycles. The normalized spacial score (nSPS) is 12.7. The fourth-order valence-corrected chi connectivity index (χ4v) is 2.77. The molecule has 1 aromatic carbocycles. The molecule has 1 unspecified atom stereocenters. The SMILES string of the molecule is CNC(C)c1ccc(F)cc1OCc1csc(C(C)C)n1. The van der Waals surface area contributed by atoms with Crippen LogP contribution in [0.5, 0.6) is 5.75 Å². The van der Waals surface area contributed by atoms with Gasteiger partial charge in [-0.2, -0.15) is 0 Å². The Morgan fingerprint density at radius 3 is 2.71 bits per heavy atom. The summed E-state index contributed by atoms with van der Waals surface area (Å²) >= 11 is 1.63. The smallest absolute Gasteiger partial charge is 0.131 e. The van der Waals surface area contributed by atoms with E-state index in [1.807, 2.05) is 19.4 Å². The van der Waals surface area contributed by atoms with Crippen LogP contribution in [0.25, 0.3) is 0 Å². The number of ether oxygens (including phenoxy) is 1. The molecule has 2 rings (SSSR count). The third kappa shape index (κ3) is 4.02. The van der Waals surface area contributed by atoms with Crippen molar-refractivity contribution in [2.75, 3.05) is 7.05 Å². The van der Waals surface area contributed by atoms with Crippen molar-refractivity contribution < 1.29 is 9.13 Å². The standard InChI is InChI=1S/C16H21FN2OS/c1-10(2)16-19-13(9-21-16)8-20-15-7-12(17)5-6-14(15)11(3)18-4/h5-7,9-11,18H,8H2,1-4H3. The minimum Gasteiger partial charge on any atom is -0.487 e. The van der Waals surface area contributed by atoms with Gasteiger partial charge >= 0.3 is 0 Å². The topological polar surface area (TPSA) is 34.1 Å². The summed E-state index contributed by atoms with van der Waals surface area (Å²) in [5.74, 6) is 0.687. The van der Waals surface area contributed by atoms with Crippen LogP contribution in [0.1, 0.15) is 49.0 Å². The Morgan fingerprint density at radius 1 is 1.33 bits per heavy atom. The summed E-state index contributed by atoms with van der Waals surface area (Å²) in [6, 6.07) is 4.74. The van der Waals surface area contributed by atoms with E-state index in [2.05, 4.69) is 24.1 Å². The first-order chi connectivity index (χ1) is 10.0. The van der Waals surface area contributed by atoms with Crippen LogP contribution in [0.3, 0.4) is 0 Å². The molecule has 3 nitrogen and oxygen atoms in total. The van der Waals surface area contributed by atoms with Gasteiger partial charge in [-0.1, -0.05) is 19.9 Å². The summed E-state index contributed by atoms with van der Waals surface area (Å²) in [5.41, 5.74) is 1.83. The maximum Gasteiger partial charge on any atom is 0.131 e. The van der Waals surface area contributed by atoms with Crippen molar-refractivity contribution in [3.8, 4) is 5.75 Å². The van der Waals surface area contributed by atoms with E-state index in [1.54, 1.807) is 17.4 Å². The van der Waals surface area contributed by atoms with Gasteiger partial charge in [-0.3, -0.25) is 0 Å². The number of thiazole rings is 1. The predicted octanol–water partition coefficient (Wildman–Crippen LogP) is 4.27. The number of hydrogen-bond acceptors (Lipinski definition) is 4. The molecular weight excluding hydrogens is 287 g/mol. The van der Waals surface area contributed by atoms with Gasteiger partial charge in [0.15, 0.2) is 0 Å². The van der Waals surface area contributed by atoms with Crippen molar-refractivity contribution in [3.05, 3.63) is 45.7 Å². The maximum absolute atomic E-state index is 13.4. The highest BCUT2D eigenvalue weighted by atomic mass is 32.1. The van der Waals surface area contributed by atoms with Gasteiger partial charge in [0.05, 0.1) is 10.7 Å². The largest absolute Gasteiger partial charge is 0.487 e. The van der Waals surface area contributed by atoms with E-state index in [1.165, 1.54) is 12.1 Å². The lowest BCUT2D eigenvalue weighted by Crippen LogP contribution is -2.14. The Labute approximate surface area is 129 Å². The first-order valence-electron chi connectivity index (χ1n) is 7.05. The second kappa shape index (κ2) is 7.00. The summed E-state index contributed by atoms with van der Waals surface area (Å²) in [5, 5.41) is 6.23. The molecule has 2 aromatic rings. The second-order valence-corrected chi connectivity index (χ2v) is 6.20. The van der Waals surface area contributed by atoms with Crippen molar-refractivity contribution in [1.29, 1.82) is 0 Å². The van der Waals surface area contributed by atoms with Gasteiger partial charge in [0.2, 0.25) is 0 Å². The summed E-state index contributed by atoms with van der Waals surface area (Å²) in [7, 11) is 1.87. The number of benzene rings is 1. The van der Waals surface area contributed by atoms with Gasteiger partial charge in [-0.05, 0) is 20.0 Å². The van der Waals surface area contributed by atoms with Crippen molar-refractivity contribution in [1.82, 2.24) is 10.3 Å². The van der Waals surface area contributed by atoms with E-state index in [9.17, 15) is 4.39 Å². The summed E-state index contributed by atoms with van der Waals surface area (Å²) in [4.78, 5) is 4.53. The zero-order valence-corrected chi connectivity index (χ0v) is 13.6. The van der Waals surface area contributed by atoms with E-state index >= 15 is 0 Å². The summed E-state index contributed by atoms with van der Waals surface area (Å²) < 4.78 is 19.2. The lowest BCUT2D eigenvalue weighted by atomic mass is 10.1. The van der Waals surface area contributed by atoms with Gasteiger partial charge < -0.3 is 10.1 Å². The quantitative estimate of drug-likeness (QED) is 0.865. The second-order valence-electron chi connectivity index (χ2n) is 5.31. The molecular formula is C16H21FN2OS. The first kappa shape index (κ1) is 15.9. The van der Waals surface area contributed by atoms with Gasteiger partial charge in [0.25, 0.3) is 0 Å². The minimum atomic E-state index is -0.293. The molecule has 0 amide bonds. The van der Waals surface area contributed by atoms with Gasteiger partial charge in [0, 0.05) is 29.0 Å². The van der Waals surface area contributed by atoms with Crippen molar-refractivity contribution in [3.63, 3.8) is 0 Å². The van der Waals surface area contributed by atoms with Gasteiger partial charge in [-0.25, -0.2) is 9.37 Å². The van der Waals surface area contributed by atoms with E-state index < -0.39 is 0 Å². The van der Waals surface area contributed by atoms with E-state index in [-0.39, 0.29) is 11.9 Å². The molecule has 0 aliphatic heterocycles. The molecule has 0 bridgehead atoms. The fraction of sp³-hybridized carbons (Fsp3) is 0.438. The van der Waals surface area contributed by atoms with E-state index in [0.717, 1.165) is 16.3 Å². The Hall–Kier alpha value is -1.46. The zero-order chi connectivity index (χ0) is 15.4. The van der Waals surface area contributed by atoms with Crippen LogP contribution in [0.2, 0.25) is 0 Å². The van der Waals surface area contributed by atoms with Crippen LogP contribution in [0.4, 0.5) is 4.39 Å². The first-order valence-corrected chi connectivity index (χ1v) is 7.93. The highest BCUT2D eigenvalue weighted by molar-refractivity contribution is 7.09. The molecule has 0 aliphatic rings. The van der Waals surface area contributed by atoms with Crippen LogP contribution < -0.4 is 10.1 Å². The van der Waals surface area contributed by atoms with Crippen LogP contribution in [-0.2, 0) is 6.61 Å². The van der Waals surface area contributed by atoms with E-state index in [0.29, 0.717) is 18.3 Å². The molecule has 1 N–H and O–H groups in total. The van der Waals surface area contributed by atoms with Crippen molar-refractivity contribution in [2.24, 2.45) is 0 Å². The highest BCUT2D eigenvalue weighted by Gasteiger charge is 2.12. The lowest BCUT2D eigenvalue weighted by molar-refractivity contribution is 0.294. The summed E-state index contributed by atoms with van der Waals surface area (Å²) in [6.45, 7) is 6.60. The number of rotatable bonds is 6. The average Bonchev–Trinajstić information content (AvgIpc) is 2.93. The molecule has 0 aliphatic carbocycles. The molecule has 21 heavy (non-hydrogen) atoms. The van der Waals surface area contributed by atoms with Gasteiger partial charge in [0.1, 0.15) is 18.2 Å². The number of hydrogen-bond donors (Lipinski definition) is 1. The highest BCUT2D eigenvalue weighted by Crippen LogP contribution is 2.27. The molecule has 114 valence electrons. The third-order valence-corrected chi connectivity index (χ3v) is 4.51. The fourth-order valence-electron chi connectivity index (χ4n) is 1.95. The Balaban J connectivity index is 2.13. The summed E-state index contributed by atoms with van der Waals surface area (Å²) in [6.07, 6.45) is 0. The van der Waals surface area contributed by atoms with E-state index in [4.69, 9.17) is 4.74 Å². The number of halogens is 1. The predicted molar refractivity (Wildman–Crippen MR) is 84.4 cm³/mol. The molecule has 1 aromatic heterocycles. The Morgan fingerprint density at radius 2 is 2.10 bits per heavy atom. The van der Waals surface area contributed by atoms with Crippen LogP contribution in [0.15, 0.2) is 23.6 Å². The Bertz CT molecular complexity index is 598. The molecule has 0 spiro atoms. The lowest BCUT2D eigenvalue weighted by Gasteiger charge is -2.16. The van der Waals surface area contributed by atoms with Crippen molar-refractivity contribution in [2.45, 2.75) is 39.3 Å². The zero-order valence-electron chi connectivity index (χ0n) is 12.8. The molecule has 0 fully saturated rings. The van der Waals surface area contributed by atoms with Gasteiger partial charge in [-0.15, -0.1) is 11.3 Å². The van der Waals surface area contributed by atoms with Crippen LogP contribution >= 0.6 is 11.3 Å². The van der Waals surface area contributed by atoms with Crippen molar-refractivity contribution >= 4 is 11.3 Å². The Kier molecular flexibility index (Phi) is 5.31. The van der Waals surface area contributed by atoms with Crippen LogP contribution in [0, 0.1) is 5.82 Å². The average molecular weight is 308 g/mol. The monoisotopic (exact) mass is 308 g/mol. The molecule has 0 saturated heterocycles. The number of nitrogens with zero attached hydrogens (tertiary/aromatic N) is 1.